The summed E-state index contributed by atoms with van der Waals surface area (Å²) in [6.07, 6.45) is 6.59. The second kappa shape index (κ2) is 18.6. The average molecular weight is 461 g/mol. The lowest BCUT2D eigenvalue weighted by Gasteiger charge is -2.41. The smallest absolute Gasteiger partial charge is 0.225 e. The van der Waals surface area contributed by atoms with E-state index in [1.165, 1.54) is 0 Å². The number of ether oxygens (including phenoxy) is 3. The van der Waals surface area contributed by atoms with Crippen molar-refractivity contribution in [1.29, 1.82) is 0 Å². The molecule has 0 unspecified atom stereocenters. The van der Waals surface area contributed by atoms with Crippen LogP contribution in [0.25, 0.3) is 0 Å². The Bertz CT molecular complexity index is 452. The number of unbranched alkanes of at least 4 members (excludes halogenated alkanes) is 3. The molecule has 1 amide bonds. The maximum Gasteiger partial charge on any atom is 0.225 e. The third-order valence-electron chi connectivity index (χ3n) is 5.91. The summed E-state index contributed by atoms with van der Waals surface area (Å²) < 4.78 is 18.5. The molecule has 0 spiro atoms. The van der Waals surface area contributed by atoms with Gasteiger partial charge in [0.15, 0.2) is 0 Å². The van der Waals surface area contributed by atoms with Crippen molar-refractivity contribution >= 4 is 5.91 Å². The van der Waals surface area contributed by atoms with Crippen LogP contribution in [-0.2, 0) is 19.0 Å². The fourth-order valence-corrected chi connectivity index (χ4v) is 4.08. The van der Waals surface area contributed by atoms with Crippen molar-refractivity contribution in [2.24, 2.45) is 23.1 Å². The van der Waals surface area contributed by atoms with Crippen LogP contribution in [0.15, 0.2) is 0 Å². The largest absolute Gasteiger partial charge is 0.396 e. The van der Waals surface area contributed by atoms with Crippen molar-refractivity contribution in [1.82, 2.24) is 4.90 Å². The van der Waals surface area contributed by atoms with Gasteiger partial charge in [0, 0.05) is 45.9 Å². The van der Waals surface area contributed by atoms with Gasteiger partial charge in [0.1, 0.15) is 6.10 Å². The Kier molecular flexibility index (Phi) is 17.0. The van der Waals surface area contributed by atoms with E-state index in [1.807, 2.05) is 11.9 Å². The summed E-state index contributed by atoms with van der Waals surface area (Å²) in [5.74, 6) is -0.0371. The summed E-state index contributed by atoms with van der Waals surface area (Å²) in [4.78, 5) is 15.0. The van der Waals surface area contributed by atoms with Gasteiger partial charge < -0.3 is 41.4 Å². The highest BCUT2D eigenvalue weighted by Crippen LogP contribution is 2.32. The lowest BCUT2D eigenvalue weighted by Crippen LogP contribution is -2.52. The summed E-state index contributed by atoms with van der Waals surface area (Å²) in [6.45, 7) is 4.24. The monoisotopic (exact) mass is 460 g/mol. The third-order valence-corrected chi connectivity index (χ3v) is 5.91. The van der Waals surface area contributed by atoms with Crippen LogP contribution < -0.4 is 17.2 Å². The van der Waals surface area contributed by atoms with Crippen molar-refractivity contribution in [3.05, 3.63) is 0 Å². The van der Waals surface area contributed by atoms with Gasteiger partial charge in [0.25, 0.3) is 0 Å². The van der Waals surface area contributed by atoms with Crippen molar-refractivity contribution < 1.29 is 24.1 Å². The topological polar surface area (TPSA) is 146 Å². The fourth-order valence-electron chi connectivity index (χ4n) is 4.08. The molecule has 1 fully saturated rings. The van der Waals surface area contributed by atoms with Crippen molar-refractivity contribution in [2.45, 2.75) is 76.1 Å². The van der Waals surface area contributed by atoms with Crippen molar-refractivity contribution in [3.63, 3.8) is 0 Å². The number of rotatable bonds is 19. The van der Waals surface area contributed by atoms with Crippen LogP contribution >= 0.6 is 0 Å². The van der Waals surface area contributed by atoms with E-state index in [0.717, 1.165) is 44.9 Å². The van der Waals surface area contributed by atoms with E-state index in [2.05, 4.69) is 0 Å². The van der Waals surface area contributed by atoms with Gasteiger partial charge in [-0.15, -0.1) is 0 Å². The first-order valence-corrected chi connectivity index (χ1v) is 12.4. The molecule has 2 atom stereocenters. The summed E-state index contributed by atoms with van der Waals surface area (Å²) in [5, 5.41) is 8.91. The zero-order chi connectivity index (χ0) is 23.6. The van der Waals surface area contributed by atoms with Gasteiger partial charge in [-0.25, -0.2) is 0 Å². The molecule has 32 heavy (non-hydrogen) atoms. The molecule has 1 rings (SSSR count). The maximum absolute atomic E-state index is 13.2. The molecular weight excluding hydrogens is 412 g/mol. The van der Waals surface area contributed by atoms with Gasteiger partial charge in [-0.3, -0.25) is 4.79 Å². The summed E-state index contributed by atoms with van der Waals surface area (Å²) in [5.41, 5.74) is 16.9. The molecule has 0 aliphatic heterocycles. The molecule has 1 saturated carbocycles. The molecule has 190 valence electrons. The van der Waals surface area contributed by atoms with Crippen LogP contribution in [0.1, 0.15) is 57.8 Å². The van der Waals surface area contributed by atoms with Crippen LogP contribution in [0.3, 0.4) is 0 Å². The minimum Gasteiger partial charge on any atom is -0.396 e. The molecule has 0 radical (unpaired) electrons. The molecule has 9 nitrogen and oxygen atoms in total. The zero-order valence-electron chi connectivity index (χ0n) is 20.1. The van der Waals surface area contributed by atoms with Gasteiger partial charge in [-0.2, -0.15) is 0 Å². The highest BCUT2D eigenvalue weighted by Gasteiger charge is 2.43. The normalized spacial score (nSPS) is 23.4. The Labute approximate surface area is 194 Å². The Morgan fingerprint density at radius 3 is 1.81 bits per heavy atom. The lowest BCUT2D eigenvalue weighted by molar-refractivity contribution is -0.176. The van der Waals surface area contributed by atoms with Gasteiger partial charge in [-0.05, 0) is 64.6 Å². The highest BCUT2D eigenvalue weighted by molar-refractivity contribution is 5.78. The van der Waals surface area contributed by atoms with Gasteiger partial charge >= 0.3 is 0 Å². The average Bonchev–Trinajstić information content (AvgIpc) is 2.79. The van der Waals surface area contributed by atoms with Crippen LogP contribution in [0.5, 0.6) is 0 Å². The SMILES string of the molecule is CN(CCCCCCO)C(=O)C1C[C@@H](OCCCN)C(OCCCN)[C@H](OCCCN)C1. The summed E-state index contributed by atoms with van der Waals surface area (Å²) in [7, 11) is 1.87. The molecule has 0 bridgehead atoms. The number of hydrogen-bond acceptors (Lipinski definition) is 8. The number of carbonyl (C=O) groups excluding carboxylic acids is 1. The molecule has 0 aromatic heterocycles. The second-order valence-electron chi connectivity index (χ2n) is 8.65. The predicted octanol–water partition coefficient (Wildman–Crippen LogP) is 0.610. The van der Waals surface area contributed by atoms with Gasteiger partial charge in [0.05, 0.1) is 12.2 Å². The minimum atomic E-state index is -0.232. The fraction of sp³-hybridized carbons (Fsp3) is 0.957. The summed E-state index contributed by atoms with van der Waals surface area (Å²) >= 11 is 0. The standard InChI is InChI=1S/C23H48N4O5/c1-27(12-4-2-3-5-13-28)23(29)19-17-20(30-14-6-9-24)22(32-16-8-11-26)21(18-19)31-15-7-10-25/h19-22,28H,2-18,24-26H2,1H3/t19?,20-,21-,22?/m1/s1. The number of aliphatic hydroxyl groups is 1. The molecule has 1 aliphatic carbocycles. The number of carbonyl (C=O) groups is 1. The Hall–Kier alpha value is -0.810. The number of aliphatic hydroxyl groups excluding tert-OH is 1. The molecule has 7 N–H and O–H groups in total. The van der Waals surface area contributed by atoms with Crippen molar-refractivity contribution in [2.75, 3.05) is 59.7 Å². The first kappa shape index (κ1) is 29.2. The van der Waals surface area contributed by atoms with Crippen LogP contribution in [0, 0.1) is 5.92 Å². The summed E-state index contributed by atoms with van der Waals surface area (Å²) in [6, 6.07) is 0. The van der Waals surface area contributed by atoms with Gasteiger partial charge in [-0.1, -0.05) is 12.8 Å². The van der Waals surface area contributed by atoms with E-state index in [9.17, 15) is 4.79 Å². The minimum absolute atomic E-state index is 0.132. The van der Waals surface area contributed by atoms with E-state index in [4.69, 9.17) is 36.5 Å². The molecule has 0 heterocycles. The number of hydrogen-bond donors (Lipinski definition) is 4. The Morgan fingerprint density at radius 2 is 1.31 bits per heavy atom. The maximum atomic E-state index is 13.2. The van der Waals surface area contributed by atoms with Crippen molar-refractivity contribution in [3.8, 4) is 0 Å². The molecule has 0 saturated heterocycles. The number of nitrogens with two attached hydrogens (primary N) is 3. The zero-order valence-corrected chi connectivity index (χ0v) is 20.1. The molecule has 0 aromatic carbocycles. The first-order valence-electron chi connectivity index (χ1n) is 12.4. The molecular formula is C23H48N4O5. The predicted molar refractivity (Wildman–Crippen MR) is 126 cm³/mol. The first-order chi connectivity index (χ1) is 15.6. The number of amides is 1. The quantitative estimate of drug-likeness (QED) is 0.205. The van der Waals surface area contributed by atoms with E-state index in [1.54, 1.807) is 0 Å². The lowest BCUT2D eigenvalue weighted by atomic mass is 9.82. The highest BCUT2D eigenvalue weighted by atomic mass is 16.6. The van der Waals surface area contributed by atoms with Crippen LogP contribution in [0.2, 0.25) is 0 Å². The molecule has 1 aliphatic rings. The van der Waals surface area contributed by atoms with E-state index in [-0.39, 0.29) is 36.7 Å². The van der Waals surface area contributed by atoms with Crippen LogP contribution in [0.4, 0.5) is 0 Å². The van der Waals surface area contributed by atoms with E-state index < -0.39 is 0 Å². The van der Waals surface area contributed by atoms with E-state index in [0.29, 0.717) is 58.8 Å². The molecule has 9 heteroatoms. The second-order valence-corrected chi connectivity index (χ2v) is 8.65. The molecule has 0 aromatic rings. The van der Waals surface area contributed by atoms with Gasteiger partial charge in [0.2, 0.25) is 5.91 Å². The van der Waals surface area contributed by atoms with Crippen LogP contribution in [-0.4, -0.2) is 93.9 Å². The third kappa shape index (κ3) is 11.4. The Balaban J connectivity index is 2.79. The van der Waals surface area contributed by atoms with E-state index >= 15 is 0 Å². The Morgan fingerprint density at radius 1 is 0.812 bits per heavy atom. The number of nitrogens with zero attached hydrogens (tertiary/aromatic N) is 1.